The van der Waals surface area contributed by atoms with Gasteiger partial charge in [0.1, 0.15) is 5.82 Å². The topological polar surface area (TPSA) is 61.9 Å². The Bertz CT molecular complexity index is 690. The Morgan fingerprint density at radius 1 is 1.52 bits per heavy atom. The second-order valence-electron chi connectivity index (χ2n) is 4.38. The monoisotopic (exact) mass is 290 g/mol. The van der Waals surface area contributed by atoms with Gasteiger partial charge in [0.2, 0.25) is 0 Å². The van der Waals surface area contributed by atoms with Crippen LogP contribution in [0, 0.1) is 11.3 Å². The van der Waals surface area contributed by atoms with Gasteiger partial charge in [-0.1, -0.05) is 6.07 Å². The number of alkyl halides is 2. The molecule has 0 N–H and O–H groups in total. The van der Waals surface area contributed by atoms with Crippen LogP contribution in [0.1, 0.15) is 28.3 Å². The molecule has 1 heterocycles. The predicted octanol–water partition coefficient (Wildman–Crippen LogP) is 2.42. The summed E-state index contributed by atoms with van der Waals surface area (Å²) in [6.45, 7) is -2.75. The van der Waals surface area contributed by atoms with Gasteiger partial charge in [-0.25, -0.2) is 4.98 Å². The van der Waals surface area contributed by atoms with Gasteiger partial charge in [0.15, 0.2) is 0 Å². The maximum Gasteiger partial charge on any atom is 0.319 e. The number of nitriles is 1. The van der Waals surface area contributed by atoms with Crippen molar-refractivity contribution in [2.75, 3.05) is 7.05 Å². The average molecular weight is 290 g/mol. The van der Waals surface area contributed by atoms with Crippen LogP contribution < -0.4 is 0 Å². The van der Waals surface area contributed by atoms with E-state index in [9.17, 15) is 13.6 Å². The highest BCUT2D eigenvalue weighted by atomic mass is 19.3. The number of benzene rings is 1. The highest BCUT2D eigenvalue weighted by molar-refractivity contribution is 5.94. The molecule has 1 amide bonds. The molecule has 0 saturated heterocycles. The molecule has 7 heteroatoms. The highest BCUT2D eigenvalue weighted by Gasteiger charge is 2.17. The number of aromatic nitrogens is 2. The number of imidazole rings is 1. The van der Waals surface area contributed by atoms with Crippen LogP contribution in [-0.4, -0.2) is 27.4 Å². The molecular weight excluding hydrogens is 278 g/mol. The summed E-state index contributed by atoms with van der Waals surface area (Å²) in [5, 5.41) is 8.82. The number of hydrogen-bond acceptors (Lipinski definition) is 3. The van der Waals surface area contributed by atoms with Gasteiger partial charge in [-0.05, 0) is 18.2 Å². The van der Waals surface area contributed by atoms with E-state index in [4.69, 9.17) is 5.26 Å². The highest BCUT2D eigenvalue weighted by Crippen LogP contribution is 2.15. The fourth-order valence-electron chi connectivity index (χ4n) is 1.87. The van der Waals surface area contributed by atoms with E-state index in [0.29, 0.717) is 15.7 Å². The molecule has 0 fully saturated rings. The number of nitrogens with zero attached hydrogens (tertiary/aromatic N) is 4. The summed E-state index contributed by atoms with van der Waals surface area (Å²) in [6.07, 6.45) is 2.42. The van der Waals surface area contributed by atoms with Crippen LogP contribution in [0.15, 0.2) is 36.7 Å². The summed E-state index contributed by atoms with van der Waals surface area (Å²) in [5.41, 5.74) is 0.690. The van der Waals surface area contributed by atoms with Gasteiger partial charge < -0.3 is 4.90 Å². The quantitative estimate of drug-likeness (QED) is 0.868. The minimum atomic E-state index is -2.70. The second kappa shape index (κ2) is 6.13. The normalized spacial score (nSPS) is 10.4. The number of carbonyl (C=O) groups excluding carboxylic acids is 1. The Balaban J connectivity index is 2.16. The first-order valence-electron chi connectivity index (χ1n) is 6.08. The van der Waals surface area contributed by atoms with Crippen LogP contribution in [0.3, 0.4) is 0 Å². The van der Waals surface area contributed by atoms with E-state index >= 15 is 0 Å². The van der Waals surface area contributed by atoms with Crippen molar-refractivity contribution in [3.63, 3.8) is 0 Å². The maximum absolute atomic E-state index is 12.7. The van der Waals surface area contributed by atoms with Crippen LogP contribution in [0.2, 0.25) is 0 Å². The minimum Gasteiger partial charge on any atom is -0.334 e. The molecule has 0 spiro atoms. The van der Waals surface area contributed by atoms with Gasteiger partial charge in [-0.3, -0.25) is 9.36 Å². The Kier molecular flexibility index (Phi) is 4.28. The molecule has 1 aromatic heterocycles. The molecular formula is C14H12F2N4O. The summed E-state index contributed by atoms with van der Waals surface area (Å²) >= 11 is 0. The molecule has 0 aliphatic rings. The second-order valence-corrected chi connectivity index (χ2v) is 4.38. The van der Waals surface area contributed by atoms with Crippen LogP contribution in [0.25, 0.3) is 0 Å². The Morgan fingerprint density at radius 3 is 2.95 bits per heavy atom. The molecule has 0 aliphatic heterocycles. The van der Waals surface area contributed by atoms with E-state index < -0.39 is 6.55 Å². The van der Waals surface area contributed by atoms with Crippen LogP contribution in [-0.2, 0) is 6.54 Å². The summed E-state index contributed by atoms with van der Waals surface area (Å²) in [6, 6.07) is 8.15. The lowest BCUT2D eigenvalue weighted by Crippen LogP contribution is -2.27. The third-order valence-corrected chi connectivity index (χ3v) is 2.92. The van der Waals surface area contributed by atoms with E-state index in [2.05, 4.69) is 4.98 Å². The Hall–Kier alpha value is -2.75. The van der Waals surface area contributed by atoms with Gasteiger partial charge in [0.05, 0.1) is 18.2 Å². The molecule has 0 bridgehead atoms. The van der Waals surface area contributed by atoms with Crippen molar-refractivity contribution in [1.82, 2.24) is 14.5 Å². The van der Waals surface area contributed by atoms with Crippen molar-refractivity contribution in [2.24, 2.45) is 0 Å². The number of halogens is 2. The molecule has 0 radical (unpaired) electrons. The van der Waals surface area contributed by atoms with Crippen molar-refractivity contribution in [1.29, 1.82) is 5.26 Å². The van der Waals surface area contributed by atoms with Crippen molar-refractivity contribution >= 4 is 5.91 Å². The smallest absolute Gasteiger partial charge is 0.319 e. The summed E-state index contributed by atoms with van der Waals surface area (Å²) < 4.78 is 26.1. The molecule has 0 aliphatic carbocycles. The van der Waals surface area contributed by atoms with Crippen molar-refractivity contribution < 1.29 is 13.6 Å². The standard InChI is InChI=1S/C14H12F2N4O/c1-19(9-12-18-5-6-20(12)14(15)16)13(21)11-4-2-3-10(7-11)8-17/h2-7,14H,9H2,1H3. The van der Waals surface area contributed by atoms with Crippen LogP contribution >= 0.6 is 0 Å². The van der Waals surface area contributed by atoms with Crippen LogP contribution in [0.4, 0.5) is 8.78 Å². The number of amides is 1. The zero-order valence-corrected chi connectivity index (χ0v) is 11.2. The molecule has 5 nitrogen and oxygen atoms in total. The molecule has 1 aromatic carbocycles. The third-order valence-electron chi connectivity index (χ3n) is 2.92. The largest absolute Gasteiger partial charge is 0.334 e. The lowest BCUT2D eigenvalue weighted by molar-refractivity contribution is 0.0612. The molecule has 2 rings (SSSR count). The lowest BCUT2D eigenvalue weighted by Gasteiger charge is -2.17. The lowest BCUT2D eigenvalue weighted by atomic mass is 10.1. The summed E-state index contributed by atoms with van der Waals surface area (Å²) in [7, 11) is 1.49. The fraction of sp³-hybridized carbons (Fsp3) is 0.214. The number of rotatable bonds is 4. The summed E-state index contributed by atoms with van der Waals surface area (Å²) in [4.78, 5) is 17.3. The predicted molar refractivity (Wildman–Crippen MR) is 70.4 cm³/mol. The Labute approximate surface area is 120 Å². The molecule has 2 aromatic rings. The molecule has 0 atom stereocenters. The van der Waals surface area contributed by atoms with E-state index in [-0.39, 0.29) is 18.3 Å². The first-order chi connectivity index (χ1) is 10.0. The van der Waals surface area contributed by atoms with E-state index in [1.165, 1.54) is 24.2 Å². The van der Waals surface area contributed by atoms with Gasteiger partial charge in [-0.2, -0.15) is 14.0 Å². The van der Waals surface area contributed by atoms with Gasteiger partial charge in [0.25, 0.3) is 5.91 Å². The minimum absolute atomic E-state index is 0.0487. The van der Waals surface area contributed by atoms with E-state index in [0.717, 1.165) is 6.20 Å². The third kappa shape index (κ3) is 3.23. The molecule has 0 unspecified atom stereocenters. The Morgan fingerprint density at radius 2 is 2.29 bits per heavy atom. The van der Waals surface area contributed by atoms with Gasteiger partial charge in [0, 0.05) is 25.0 Å². The fourth-order valence-corrected chi connectivity index (χ4v) is 1.87. The first-order valence-corrected chi connectivity index (χ1v) is 6.08. The SMILES string of the molecule is CN(Cc1nccn1C(F)F)C(=O)c1cccc(C#N)c1. The zero-order valence-electron chi connectivity index (χ0n) is 11.2. The molecule has 108 valence electrons. The number of hydrogen-bond donors (Lipinski definition) is 0. The maximum atomic E-state index is 12.7. The van der Waals surface area contributed by atoms with Gasteiger partial charge in [-0.15, -0.1) is 0 Å². The average Bonchev–Trinajstić information content (AvgIpc) is 2.94. The number of carbonyl (C=O) groups is 1. The van der Waals surface area contributed by atoms with Crippen molar-refractivity contribution in [3.05, 3.63) is 53.6 Å². The van der Waals surface area contributed by atoms with Crippen LogP contribution in [0.5, 0.6) is 0 Å². The molecule has 0 saturated carbocycles. The van der Waals surface area contributed by atoms with E-state index in [1.807, 2.05) is 6.07 Å². The molecule has 21 heavy (non-hydrogen) atoms. The summed E-state index contributed by atoms with van der Waals surface area (Å²) in [5.74, 6) is -0.270. The van der Waals surface area contributed by atoms with Crippen molar-refractivity contribution in [3.8, 4) is 6.07 Å². The first kappa shape index (κ1) is 14.7. The zero-order chi connectivity index (χ0) is 15.4. The van der Waals surface area contributed by atoms with E-state index in [1.54, 1.807) is 18.2 Å². The van der Waals surface area contributed by atoms with Gasteiger partial charge >= 0.3 is 6.55 Å². The van der Waals surface area contributed by atoms with Crippen molar-refractivity contribution in [2.45, 2.75) is 13.1 Å².